The van der Waals surface area contributed by atoms with Crippen molar-refractivity contribution >= 4 is 17.9 Å². The van der Waals surface area contributed by atoms with E-state index in [1.807, 2.05) is 4.90 Å². The van der Waals surface area contributed by atoms with Gasteiger partial charge in [0.25, 0.3) is 0 Å². The van der Waals surface area contributed by atoms with Crippen LogP contribution in [-0.2, 0) is 4.79 Å². The number of rotatable bonds is 4. The Labute approximate surface area is 158 Å². The molecule has 1 aliphatic rings. The number of piperidine rings is 1. The van der Waals surface area contributed by atoms with E-state index in [4.69, 9.17) is 10.5 Å². The number of ether oxygens (including phenoxy) is 1. The van der Waals surface area contributed by atoms with E-state index in [-0.39, 0.29) is 17.5 Å². The van der Waals surface area contributed by atoms with Crippen LogP contribution in [0.2, 0.25) is 0 Å². The van der Waals surface area contributed by atoms with Crippen molar-refractivity contribution in [2.75, 3.05) is 27.2 Å². The molecule has 144 valence electrons. The third kappa shape index (κ3) is 4.83. The molecule has 7 nitrogen and oxygen atoms in total. The summed E-state index contributed by atoms with van der Waals surface area (Å²) < 4.78 is 18.9. The van der Waals surface area contributed by atoms with Crippen molar-refractivity contribution in [2.45, 2.75) is 25.8 Å². The highest BCUT2D eigenvalue weighted by Crippen LogP contribution is 2.25. The molecule has 1 aromatic rings. The molecule has 1 fully saturated rings. The Morgan fingerprint density at radius 2 is 2.15 bits per heavy atom. The molecule has 27 heavy (non-hydrogen) atoms. The fourth-order valence-corrected chi connectivity index (χ4v) is 2.85. The molecular weight excluding hydrogens is 349 g/mol. The van der Waals surface area contributed by atoms with Crippen LogP contribution in [0.25, 0.3) is 5.57 Å². The minimum absolute atomic E-state index is 0.109. The van der Waals surface area contributed by atoms with Gasteiger partial charge in [-0.25, -0.2) is 9.38 Å². The lowest BCUT2D eigenvalue weighted by Gasteiger charge is -2.34. The first-order chi connectivity index (χ1) is 12.9. The number of halogens is 1. The number of carbonyl (C=O) groups is 1. The first kappa shape index (κ1) is 20.4. The lowest BCUT2D eigenvalue weighted by Crippen LogP contribution is -2.48. The number of guanidine groups is 1. The average molecular weight is 373 g/mol. The molecule has 0 aliphatic carbocycles. The van der Waals surface area contributed by atoms with Gasteiger partial charge in [-0.1, -0.05) is 6.07 Å². The van der Waals surface area contributed by atoms with Crippen molar-refractivity contribution in [1.29, 1.82) is 5.26 Å². The molecule has 1 aromatic carbocycles. The predicted molar refractivity (Wildman–Crippen MR) is 101 cm³/mol. The maximum atomic E-state index is 14.0. The Bertz CT molecular complexity index is 792. The standard InChI is InChI=1S/C19H24FN5O2/c1-13(14-4-5-18(27-3)16(20)10-14)17(11-21)23-19(24(2)12-26)25-8-6-15(22)7-9-25/h4-5,10,12,15H,6-9,22H2,1-3H3/b17-13+,23-19+. The Morgan fingerprint density at radius 1 is 1.48 bits per heavy atom. The molecule has 1 aliphatic heterocycles. The summed E-state index contributed by atoms with van der Waals surface area (Å²) in [6.07, 6.45) is 2.20. The van der Waals surface area contributed by atoms with E-state index >= 15 is 0 Å². The van der Waals surface area contributed by atoms with E-state index < -0.39 is 5.82 Å². The molecule has 2 N–H and O–H groups in total. The van der Waals surface area contributed by atoms with Crippen LogP contribution < -0.4 is 10.5 Å². The van der Waals surface area contributed by atoms with Crippen LogP contribution in [0, 0.1) is 17.1 Å². The van der Waals surface area contributed by atoms with Crippen molar-refractivity contribution in [3.8, 4) is 11.8 Å². The maximum Gasteiger partial charge on any atom is 0.216 e. The number of likely N-dealkylation sites (tertiary alicyclic amines) is 1. The van der Waals surface area contributed by atoms with Crippen molar-refractivity contribution in [3.05, 3.63) is 35.3 Å². The zero-order valence-corrected chi connectivity index (χ0v) is 15.8. The van der Waals surface area contributed by atoms with E-state index in [1.165, 1.54) is 24.1 Å². The number of benzene rings is 1. The number of carbonyl (C=O) groups excluding carboxylic acids is 1. The number of allylic oxidation sites excluding steroid dienone is 2. The van der Waals surface area contributed by atoms with Crippen LogP contribution in [0.3, 0.4) is 0 Å². The lowest BCUT2D eigenvalue weighted by atomic mass is 10.1. The number of nitrogens with two attached hydrogens (primary N) is 1. The topological polar surface area (TPSA) is 94.9 Å². The second-order valence-corrected chi connectivity index (χ2v) is 6.39. The van der Waals surface area contributed by atoms with Crippen LogP contribution in [0.5, 0.6) is 5.75 Å². The number of methoxy groups -OCH3 is 1. The van der Waals surface area contributed by atoms with Gasteiger partial charge in [-0.15, -0.1) is 0 Å². The summed E-state index contributed by atoms with van der Waals surface area (Å²) in [6.45, 7) is 2.98. The van der Waals surface area contributed by atoms with Gasteiger partial charge < -0.3 is 15.4 Å². The first-order valence-corrected chi connectivity index (χ1v) is 8.63. The molecule has 0 saturated carbocycles. The zero-order chi connectivity index (χ0) is 20.0. The molecule has 1 saturated heterocycles. The Morgan fingerprint density at radius 3 is 2.67 bits per heavy atom. The highest BCUT2D eigenvalue weighted by Gasteiger charge is 2.22. The van der Waals surface area contributed by atoms with Crippen LogP contribution in [0.1, 0.15) is 25.3 Å². The quantitative estimate of drug-likeness (QED) is 0.377. The van der Waals surface area contributed by atoms with Gasteiger partial charge in [-0.05, 0) is 43.0 Å². The van der Waals surface area contributed by atoms with Gasteiger partial charge in [0.2, 0.25) is 12.4 Å². The summed E-state index contributed by atoms with van der Waals surface area (Å²) in [5, 5.41) is 9.59. The van der Waals surface area contributed by atoms with Gasteiger partial charge in [0.1, 0.15) is 11.8 Å². The Balaban J connectivity index is 2.44. The third-order valence-corrected chi connectivity index (χ3v) is 4.55. The van der Waals surface area contributed by atoms with E-state index in [0.29, 0.717) is 36.6 Å². The molecule has 0 bridgehead atoms. The number of aliphatic imine (C=N–C) groups is 1. The fraction of sp³-hybridized carbons (Fsp3) is 0.421. The lowest BCUT2D eigenvalue weighted by molar-refractivity contribution is -0.114. The molecule has 1 amide bonds. The summed E-state index contributed by atoms with van der Waals surface area (Å²) in [4.78, 5) is 19.0. The number of amides is 1. The van der Waals surface area contributed by atoms with Gasteiger partial charge in [-0.3, -0.25) is 9.69 Å². The minimum Gasteiger partial charge on any atom is -0.494 e. The smallest absolute Gasteiger partial charge is 0.216 e. The van der Waals surface area contributed by atoms with E-state index in [1.54, 1.807) is 20.0 Å². The molecular formula is C19H24FN5O2. The number of hydrogen-bond donors (Lipinski definition) is 1. The molecule has 1 heterocycles. The molecule has 0 aromatic heterocycles. The van der Waals surface area contributed by atoms with E-state index in [2.05, 4.69) is 11.1 Å². The minimum atomic E-state index is -0.522. The molecule has 0 radical (unpaired) electrons. The van der Waals surface area contributed by atoms with Crippen molar-refractivity contribution < 1.29 is 13.9 Å². The van der Waals surface area contributed by atoms with Crippen molar-refractivity contribution in [3.63, 3.8) is 0 Å². The Kier molecular flexibility index (Phi) is 6.91. The van der Waals surface area contributed by atoms with Crippen molar-refractivity contribution in [2.24, 2.45) is 10.7 Å². The highest BCUT2D eigenvalue weighted by atomic mass is 19.1. The second-order valence-electron chi connectivity index (χ2n) is 6.39. The van der Waals surface area contributed by atoms with Gasteiger partial charge >= 0.3 is 0 Å². The summed E-state index contributed by atoms with van der Waals surface area (Å²) in [5.74, 6) is -0.0211. The van der Waals surface area contributed by atoms with Crippen LogP contribution >= 0.6 is 0 Å². The average Bonchev–Trinajstić information content (AvgIpc) is 2.68. The number of nitrogens with zero attached hydrogens (tertiary/aromatic N) is 4. The van der Waals surface area contributed by atoms with Crippen molar-refractivity contribution in [1.82, 2.24) is 9.80 Å². The fourth-order valence-electron chi connectivity index (χ4n) is 2.85. The predicted octanol–water partition coefficient (Wildman–Crippen LogP) is 1.96. The summed E-state index contributed by atoms with van der Waals surface area (Å²) >= 11 is 0. The first-order valence-electron chi connectivity index (χ1n) is 8.63. The normalized spacial score (nSPS) is 16.4. The van der Waals surface area contributed by atoms with Gasteiger partial charge in [0, 0.05) is 26.2 Å². The van der Waals surface area contributed by atoms with Crippen LogP contribution in [0.15, 0.2) is 28.9 Å². The summed E-state index contributed by atoms with van der Waals surface area (Å²) in [5.41, 5.74) is 7.07. The second kappa shape index (κ2) is 9.14. The summed E-state index contributed by atoms with van der Waals surface area (Å²) in [6, 6.07) is 6.63. The largest absolute Gasteiger partial charge is 0.494 e. The highest BCUT2D eigenvalue weighted by molar-refractivity contribution is 5.90. The maximum absolute atomic E-state index is 14.0. The molecule has 0 unspecified atom stereocenters. The third-order valence-electron chi connectivity index (χ3n) is 4.55. The SMILES string of the molecule is COc1ccc(/C(C)=C(C#N)/N=C(\N(C)C=O)N2CCC(N)CC2)cc1F. The van der Waals surface area contributed by atoms with Crippen LogP contribution in [0.4, 0.5) is 4.39 Å². The van der Waals surface area contributed by atoms with Gasteiger partial charge in [-0.2, -0.15) is 5.26 Å². The molecule has 0 atom stereocenters. The monoisotopic (exact) mass is 373 g/mol. The molecule has 8 heteroatoms. The number of hydrogen-bond acceptors (Lipinski definition) is 5. The van der Waals surface area contributed by atoms with Gasteiger partial charge in [0.15, 0.2) is 11.6 Å². The van der Waals surface area contributed by atoms with Crippen LogP contribution in [-0.4, -0.2) is 55.5 Å². The molecule has 2 rings (SSSR count). The Hall–Kier alpha value is -2.92. The van der Waals surface area contributed by atoms with Gasteiger partial charge in [0.05, 0.1) is 7.11 Å². The van der Waals surface area contributed by atoms with E-state index in [9.17, 15) is 14.4 Å². The zero-order valence-electron chi connectivity index (χ0n) is 15.8. The molecule has 0 spiro atoms. The number of nitriles is 1. The summed E-state index contributed by atoms with van der Waals surface area (Å²) in [7, 11) is 2.97. The van der Waals surface area contributed by atoms with E-state index in [0.717, 1.165) is 12.8 Å².